The number of nitrogens with one attached hydrogen (secondary N) is 2. The summed E-state index contributed by atoms with van der Waals surface area (Å²) in [5, 5.41) is 7.50. The van der Waals surface area contributed by atoms with Crippen molar-refractivity contribution >= 4 is 41.2 Å². The number of benzene rings is 3. The van der Waals surface area contributed by atoms with E-state index in [-0.39, 0.29) is 18.1 Å². The summed E-state index contributed by atoms with van der Waals surface area (Å²) in [7, 11) is 0. The van der Waals surface area contributed by atoms with Crippen LogP contribution in [0.4, 0.5) is 0 Å². The van der Waals surface area contributed by atoms with Crippen molar-refractivity contribution in [1.82, 2.24) is 10.7 Å². The standard InChI is InChI=1S/C28H25Cl2N3O4/c1-3-15-36-25-12-8-7-11-21(25)18-31-33-28(35)24(16-20-9-5-4-6-10-20)32-27(34)19(2)37-26-14-13-22(29)17-23(26)30/h1,4-14,17-19,24H,15-16H2,2H3,(H,32,34)(H,33,35)/b31-18-/t19-,24-/m1/s1. The van der Waals surface area contributed by atoms with Crippen LogP contribution in [0.5, 0.6) is 11.5 Å². The molecule has 190 valence electrons. The molecule has 0 aliphatic carbocycles. The number of amides is 2. The molecule has 0 unspecified atom stereocenters. The van der Waals surface area contributed by atoms with Gasteiger partial charge in [0.2, 0.25) is 0 Å². The molecule has 3 rings (SSSR count). The number of nitrogens with zero attached hydrogens (tertiary/aromatic N) is 1. The monoisotopic (exact) mass is 537 g/mol. The van der Waals surface area contributed by atoms with Crippen LogP contribution < -0.4 is 20.2 Å². The number of hydrogen-bond donors (Lipinski definition) is 2. The lowest BCUT2D eigenvalue weighted by molar-refractivity contribution is -0.132. The second kappa shape index (κ2) is 13.9. The van der Waals surface area contributed by atoms with E-state index < -0.39 is 24.0 Å². The predicted molar refractivity (Wildman–Crippen MR) is 145 cm³/mol. The van der Waals surface area contributed by atoms with Gasteiger partial charge in [-0.15, -0.1) is 6.42 Å². The molecule has 0 radical (unpaired) electrons. The third kappa shape index (κ3) is 8.57. The van der Waals surface area contributed by atoms with Crippen LogP contribution >= 0.6 is 23.2 Å². The van der Waals surface area contributed by atoms with Gasteiger partial charge in [-0.25, -0.2) is 5.43 Å². The van der Waals surface area contributed by atoms with Crippen LogP contribution in [0.25, 0.3) is 0 Å². The summed E-state index contributed by atoms with van der Waals surface area (Å²) in [4.78, 5) is 25.9. The van der Waals surface area contributed by atoms with Crippen molar-refractivity contribution in [2.75, 3.05) is 6.61 Å². The smallest absolute Gasteiger partial charge is 0.262 e. The maximum Gasteiger partial charge on any atom is 0.262 e. The first-order valence-corrected chi connectivity index (χ1v) is 12.1. The van der Waals surface area contributed by atoms with Gasteiger partial charge >= 0.3 is 0 Å². The van der Waals surface area contributed by atoms with Gasteiger partial charge in [0.15, 0.2) is 6.10 Å². The van der Waals surface area contributed by atoms with Gasteiger partial charge in [-0.3, -0.25) is 9.59 Å². The molecule has 37 heavy (non-hydrogen) atoms. The molecule has 9 heteroatoms. The predicted octanol–water partition coefficient (Wildman–Crippen LogP) is 4.65. The lowest BCUT2D eigenvalue weighted by Crippen LogP contribution is -2.50. The van der Waals surface area contributed by atoms with Crippen molar-refractivity contribution in [2.24, 2.45) is 5.10 Å². The Morgan fingerprint density at radius 3 is 2.49 bits per heavy atom. The maximum absolute atomic E-state index is 13.0. The van der Waals surface area contributed by atoms with Crippen molar-refractivity contribution in [1.29, 1.82) is 0 Å². The van der Waals surface area contributed by atoms with Crippen LogP contribution in [0.1, 0.15) is 18.1 Å². The van der Waals surface area contributed by atoms with Crippen LogP contribution in [0, 0.1) is 12.3 Å². The second-order valence-corrected chi connectivity index (χ2v) is 8.69. The Morgan fingerprint density at radius 1 is 1.03 bits per heavy atom. The molecule has 0 aliphatic rings. The number of hydrogen-bond acceptors (Lipinski definition) is 5. The Hall–Kier alpha value is -3.99. The molecule has 0 fully saturated rings. The second-order valence-electron chi connectivity index (χ2n) is 7.85. The number of carbonyl (C=O) groups excluding carboxylic acids is 2. The molecular formula is C28H25Cl2N3O4. The van der Waals surface area contributed by atoms with Gasteiger partial charge in [0.25, 0.3) is 11.8 Å². The summed E-state index contributed by atoms with van der Waals surface area (Å²) in [6.45, 7) is 1.66. The Bertz CT molecular complexity index is 1290. The van der Waals surface area contributed by atoms with E-state index in [4.69, 9.17) is 39.1 Å². The van der Waals surface area contributed by atoms with Crippen LogP contribution in [-0.2, 0) is 16.0 Å². The van der Waals surface area contributed by atoms with Gasteiger partial charge in [-0.1, -0.05) is 71.6 Å². The average molecular weight is 538 g/mol. The van der Waals surface area contributed by atoms with E-state index >= 15 is 0 Å². The molecule has 0 aliphatic heterocycles. The van der Waals surface area contributed by atoms with Gasteiger partial charge in [-0.05, 0) is 42.8 Å². The molecule has 2 amide bonds. The van der Waals surface area contributed by atoms with Gasteiger partial charge in [0, 0.05) is 17.0 Å². The SMILES string of the molecule is C#CCOc1ccccc1/C=N\NC(=O)[C@@H](Cc1ccccc1)NC(=O)[C@@H](C)Oc1ccc(Cl)cc1Cl. The Morgan fingerprint density at radius 2 is 1.76 bits per heavy atom. The summed E-state index contributed by atoms with van der Waals surface area (Å²) in [5.74, 6) is 2.22. The van der Waals surface area contributed by atoms with E-state index in [0.29, 0.717) is 22.1 Å². The number of rotatable bonds is 11. The lowest BCUT2D eigenvalue weighted by Gasteiger charge is -2.21. The zero-order chi connectivity index (χ0) is 26.6. The lowest BCUT2D eigenvalue weighted by atomic mass is 10.1. The van der Waals surface area contributed by atoms with Crippen molar-refractivity contribution in [2.45, 2.75) is 25.5 Å². The molecule has 2 atom stereocenters. The van der Waals surface area contributed by atoms with Gasteiger partial charge in [-0.2, -0.15) is 5.10 Å². The highest BCUT2D eigenvalue weighted by Gasteiger charge is 2.25. The number of ether oxygens (including phenoxy) is 2. The summed E-state index contributed by atoms with van der Waals surface area (Å²) < 4.78 is 11.2. The maximum atomic E-state index is 13.0. The van der Waals surface area contributed by atoms with Crippen molar-refractivity contribution in [3.05, 3.63) is 94.0 Å². The highest BCUT2D eigenvalue weighted by Crippen LogP contribution is 2.28. The van der Waals surface area contributed by atoms with E-state index in [1.807, 2.05) is 30.3 Å². The average Bonchev–Trinajstić information content (AvgIpc) is 2.89. The van der Waals surface area contributed by atoms with Crippen LogP contribution in [-0.4, -0.2) is 36.8 Å². The zero-order valence-electron chi connectivity index (χ0n) is 20.0. The van der Waals surface area contributed by atoms with Crippen molar-refractivity contribution in [3.8, 4) is 23.8 Å². The Labute approximate surface area is 225 Å². The quantitative estimate of drug-likeness (QED) is 0.211. The number of carbonyl (C=O) groups is 2. The van der Waals surface area contributed by atoms with E-state index in [2.05, 4.69) is 21.8 Å². The molecule has 0 spiro atoms. The molecule has 0 saturated heterocycles. The molecule has 2 N–H and O–H groups in total. The molecular weight excluding hydrogens is 513 g/mol. The highest BCUT2D eigenvalue weighted by atomic mass is 35.5. The number of halogens is 2. The Balaban J connectivity index is 1.70. The minimum atomic E-state index is -0.937. The Kier molecular flexibility index (Phi) is 10.4. The van der Waals surface area contributed by atoms with Gasteiger partial charge < -0.3 is 14.8 Å². The van der Waals surface area contributed by atoms with Crippen molar-refractivity contribution < 1.29 is 19.1 Å². The minimum absolute atomic E-state index is 0.101. The fourth-order valence-corrected chi connectivity index (χ4v) is 3.70. The van der Waals surface area contributed by atoms with E-state index in [1.54, 1.807) is 43.3 Å². The van der Waals surface area contributed by atoms with E-state index in [1.165, 1.54) is 12.3 Å². The fraction of sp³-hybridized carbons (Fsp3) is 0.179. The normalized spacial score (nSPS) is 12.3. The third-order valence-electron chi connectivity index (χ3n) is 5.09. The van der Waals surface area contributed by atoms with Crippen LogP contribution in [0.3, 0.4) is 0 Å². The minimum Gasteiger partial charge on any atom is -0.480 e. The highest BCUT2D eigenvalue weighted by molar-refractivity contribution is 6.35. The first-order chi connectivity index (χ1) is 17.9. The fourth-order valence-electron chi connectivity index (χ4n) is 3.24. The van der Waals surface area contributed by atoms with Gasteiger partial charge in [0.1, 0.15) is 24.1 Å². The number of para-hydroxylation sites is 1. The largest absolute Gasteiger partial charge is 0.480 e. The summed E-state index contributed by atoms with van der Waals surface area (Å²) in [6.07, 6.45) is 6.01. The molecule has 7 nitrogen and oxygen atoms in total. The van der Waals surface area contributed by atoms with Gasteiger partial charge in [0.05, 0.1) is 11.2 Å². The van der Waals surface area contributed by atoms with Crippen molar-refractivity contribution in [3.63, 3.8) is 0 Å². The first kappa shape index (κ1) is 27.6. The molecule has 0 bridgehead atoms. The number of hydrazone groups is 1. The molecule has 3 aromatic carbocycles. The summed E-state index contributed by atoms with van der Waals surface area (Å²) >= 11 is 12.1. The molecule has 3 aromatic rings. The third-order valence-corrected chi connectivity index (χ3v) is 5.62. The molecule has 0 saturated carbocycles. The molecule has 0 aromatic heterocycles. The first-order valence-electron chi connectivity index (χ1n) is 11.3. The van der Waals surface area contributed by atoms with E-state index in [9.17, 15) is 9.59 Å². The molecule has 0 heterocycles. The summed E-state index contributed by atoms with van der Waals surface area (Å²) in [5.41, 5.74) is 3.97. The summed E-state index contributed by atoms with van der Waals surface area (Å²) in [6, 6.07) is 20.2. The van der Waals surface area contributed by atoms with Crippen LogP contribution in [0.15, 0.2) is 77.9 Å². The zero-order valence-corrected chi connectivity index (χ0v) is 21.5. The topological polar surface area (TPSA) is 89.0 Å². The number of terminal acetylenes is 1. The van der Waals surface area contributed by atoms with Crippen LogP contribution in [0.2, 0.25) is 10.0 Å². The van der Waals surface area contributed by atoms with E-state index in [0.717, 1.165) is 5.56 Å².